The summed E-state index contributed by atoms with van der Waals surface area (Å²) in [5.74, 6) is -1.04. The Hall–Kier alpha value is -2.04. The van der Waals surface area contributed by atoms with Crippen LogP contribution in [-0.2, 0) is 16.1 Å². The molecule has 1 N–H and O–H groups in total. The standard InChI is InChI=1S/C11H11NO4/c13-10(14)9-7-16-11(15)12(9)6-8-4-2-1-3-5-8/h1-5,9H,6-7H2,(H,13,14)/t9-/m0/s1. The van der Waals surface area contributed by atoms with E-state index < -0.39 is 18.1 Å². The monoisotopic (exact) mass is 221 g/mol. The summed E-state index contributed by atoms with van der Waals surface area (Å²) in [5, 5.41) is 8.91. The molecule has 1 heterocycles. The molecule has 0 radical (unpaired) electrons. The van der Waals surface area contributed by atoms with Gasteiger partial charge in [-0.3, -0.25) is 4.90 Å². The number of amides is 1. The molecule has 5 nitrogen and oxygen atoms in total. The molecule has 1 aliphatic heterocycles. The van der Waals surface area contributed by atoms with Crippen LogP contribution in [0.15, 0.2) is 30.3 Å². The number of carbonyl (C=O) groups excluding carboxylic acids is 1. The molecule has 5 heteroatoms. The second-order valence-electron chi connectivity index (χ2n) is 3.54. The van der Waals surface area contributed by atoms with Crippen molar-refractivity contribution in [1.82, 2.24) is 4.90 Å². The van der Waals surface area contributed by atoms with Crippen molar-refractivity contribution < 1.29 is 19.4 Å². The van der Waals surface area contributed by atoms with E-state index in [4.69, 9.17) is 9.84 Å². The number of aliphatic carboxylic acids is 1. The van der Waals surface area contributed by atoms with Crippen molar-refractivity contribution in [2.24, 2.45) is 0 Å². The van der Waals surface area contributed by atoms with E-state index in [1.807, 2.05) is 30.3 Å². The number of carbonyl (C=O) groups is 2. The predicted molar refractivity (Wildman–Crippen MR) is 54.8 cm³/mol. The lowest BCUT2D eigenvalue weighted by Crippen LogP contribution is -2.38. The number of rotatable bonds is 3. The molecule has 0 unspecified atom stereocenters. The van der Waals surface area contributed by atoms with Crippen LogP contribution in [0.25, 0.3) is 0 Å². The molecule has 1 saturated heterocycles. The maximum absolute atomic E-state index is 11.3. The maximum atomic E-state index is 11.3. The summed E-state index contributed by atoms with van der Waals surface area (Å²) >= 11 is 0. The number of cyclic esters (lactones) is 1. The van der Waals surface area contributed by atoms with Crippen LogP contribution in [0.5, 0.6) is 0 Å². The number of carboxylic acids is 1. The predicted octanol–water partition coefficient (Wildman–Crippen LogP) is 1.09. The number of benzene rings is 1. The fraction of sp³-hybridized carbons (Fsp3) is 0.273. The molecule has 0 spiro atoms. The van der Waals surface area contributed by atoms with Crippen molar-refractivity contribution in [2.45, 2.75) is 12.6 Å². The third-order valence-corrected chi connectivity index (χ3v) is 2.46. The SMILES string of the molecule is O=C(O)[C@@H]1COC(=O)N1Cc1ccccc1. The minimum atomic E-state index is -1.04. The van der Waals surface area contributed by atoms with Gasteiger partial charge in [0.15, 0.2) is 6.04 Å². The highest BCUT2D eigenvalue weighted by atomic mass is 16.6. The molecule has 0 saturated carbocycles. The smallest absolute Gasteiger partial charge is 0.411 e. The Balaban J connectivity index is 2.13. The Bertz CT molecular complexity index is 404. The fourth-order valence-corrected chi connectivity index (χ4v) is 1.61. The van der Waals surface area contributed by atoms with Gasteiger partial charge in [-0.05, 0) is 5.56 Å². The Morgan fingerprint density at radius 1 is 1.44 bits per heavy atom. The zero-order chi connectivity index (χ0) is 11.5. The van der Waals surface area contributed by atoms with Crippen molar-refractivity contribution in [2.75, 3.05) is 6.61 Å². The largest absolute Gasteiger partial charge is 0.480 e. The number of nitrogens with zero attached hydrogens (tertiary/aromatic N) is 1. The first-order valence-electron chi connectivity index (χ1n) is 4.88. The van der Waals surface area contributed by atoms with Crippen LogP contribution in [0.3, 0.4) is 0 Å². The van der Waals surface area contributed by atoms with Gasteiger partial charge in [-0.2, -0.15) is 0 Å². The van der Waals surface area contributed by atoms with Gasteiger partial charge in [0, 0.05) is 0 Å². The van der Waals surface area contributed by atoms with Crippen LogP contribution in [0.4, 0.5) is 4.79 Å². The van der Waals surface area contributed by atoms with Gasteiger partial charge in [0.1, 0.15) is 6.61 Å². The fourth-order valence-electron chi connectivity index (χ4n) is 1.61. The van der Waals surface area contributed by atoms with E-state index in [1.54, 1.807) is 0 Å². The average molecular weight is 221 g/mol. The van der Waals surface area contributed by atoms with Crippen molar-refractivity contribution in [3.05, 3.63) is 35.9 Å². The third-order valence-electron chi connectivity index (χ3n) is 2.46. The van der Waals surface area contributed by atoms with Crippen molar-refractivity contribution in [1.29, 1.82) is 0 Å². The number of carboxylic acid groups (broad SMARTS) is 1. The summed E-state index contributed by atoms with van der Waals surface area (Å²) in [6.07, 6.45) is -0.573. The van der Waals surface area contributed by atoms with Crippen molar-refractivity contribution in [3.8, 4) is 0 Å². The summed E-state index contributed by atoms with van der Waals surface area (Å²) in [6, 6.07) is 8.34. The van der Waals surface area contributed by atoms with Gasteiger partial charge in [0.05, 0.1) is 6.54 Å². The molecule has 0 bridgehead atoms. The lowest BCUT2D eigenvalue weighted by Gasteiger charge is -2.17. The second-order valence-corrected chi connectivity index (χ2v) is 3.54. The summed E-state index contributed by atoms with van der Waals surface area (Å²) < 4.78 is 4.72. The molecule has 1 fully saturated rings. The molecule has 1 atom stereocenters. The van der Waals surface area contributed by atoms with E-state index in [0.717, 1.165) is 5.56 Å². The topological polar surface area (TPSA) is 66.8 Å². The van der Waals surface area contributed by atoms with Gasteiger partial charge < -0.3 is 9.84 Å². The van der Waals surface area contributed by atoms with Gasteiger partial charge in [0.25, 0.3) is 0 Å². The van der Waals surface area contributed by atoms with Crippen LogP contribution >= 0.6 is 0 Å². The van der Waals surface area contributed by atoms with E-state index >= 15 is 0 Å². The van der Waals surface area contributed by atoms with Crippen LogP contribution < -0.4 is 0 Å². The summed E-state index contributed by atoms with van der Waals surface area (Å²) in [6.45, 7) is 0.178. The lowest BCUT2D eigenvalue weighted by molar-refractivity contribution is -0.141. The highest BCUT2D eigenvalue weighted by Gasteiger charge is 2.37. The highest BCUT2D eigenvalue weighted by Crippen LogP contribution is 2.16. The van der Waals surface area contributed by atoms with Crippen molar-refractivity contribution >= 4 is 12.1 Å². The first kappa shape index (κ1) is 10.5. The van der Waals surface area contributed by atoms with E-state index in [-0.39, 0.29) is 13.2 Å². The van der Waals surface area contributed by atoms with E-state index in [9.17, 15) is 9.59 Å². The molecule has 1 amide bonds. The minimum Gasteiger partial charge on any atom is -0.480 e. The Labute approximate surface area is 92.2 Å². The number of hydrogen-bond acceptors (Lipinski definition) is 3. The second kappa shape index (κ2) is 4.22. The third kappa shape index (κ3) is 1.98. The molecule has 1 aliphatic rings. The Morgan fingerprint density at radius 2 is 2.12 bits per heavy atom. The van der Waals surface area contributed by atoms with Crippen LogP contribution in [0, 0.1) is 0 Å². The molecule has 84 valence electrons. The lowest BCUT2D eigenvalue weighted by atomic mass is 10.2. The molecule has 0 aromatic heterocycles. The molecule has 16 heavy (non-hydrogen) atoms. The van der Waals surface area contributed by atoms with E-state index in [2.05, 4.69) is 0 Å². The highest BCUT2D eigenvalue weighted by molar-refractivity contribution is 5.82. The number of ether oxygens (including phenoxy) is 1. The van der Waals surface area contributed by atoms with Crippen molar-refractivity contribution in [3.63, 3.8) is 0 Å². The van der Waals surface area contributed by atoms with Gasteiger partial charge >= 0.3 is 12.1 Å². The zero-order valence-electron chi connectivity index (χ0n) is 8.50. The first-order valence-corrected chi connectivity index (χ1v) is 4.88. The molecule has 0 aliphatic carbocycles. The Kier molecular flexibility index (Phi) is 2.76. The maximum Gasteiger partial charge on any atom is 0.411 e. The zero-order valence-corrected chi connectivity index (χ0v) is 8.50. The van der Waals surface area contributed by atoms with Gasteiger partial charge in [-0.15, -0.1) is 0 Å². The average Bonchev–Trinajstić information content (AvgIpc) is 2.62. The summed E-state index contributed by atoms with van der Waals surface area (Å²) in [7, 11) is 0. The Morgan fingerprint density at radius 3 is 2.75 bits per heavy atom. The van der Waals surface area contributed by atoms with Crippen LogP contribution in [0.1, 0.15) is 5.56 Å². The molecule has 1 aromatic rings. The molecule has 2 rings (SSSR count). The van der Waals surface area contributed by atoms with Gasteiger partial charge in [-0.1, -0.05) is 30.3 Å². The quantitative estimate of drug-likeness (QED) is 0.829. The normalized spacial score (nSPS) is 19.6. The minimum absolute atomic E-state index is 0.0823. The van der Waals surface area contributed by atoms with Crippen LogP contribution in [-0.4, -0.2) is 34.7 Å². The van der Waals surface area contributed by atoms with Crippen LogP contribution in [0.2, 0.25) is 0 Å². The van der Waals surface area contributed by atoms with Gasteiger partial charge in [-0.25, -0.2) is 9.59 Å². The van der Waals surface area contributed by atoms with E-state index in [0.29, 0.717) is 0 Å². The number of hydrogen-bond donors (Lipinski definition) is 1. The summed E-state index contributed by atoms with van der Waals surface area (Å²) in [4.78, 5) is 23.4. The molecular formula is C11H11NO4. The summed E-state index contributed by atoms with van der Waals surface area (Å²) in [5.41, 5.74) is 0.882. The first-order chi connectivity index (χ1) is 7.68. The van der Waals surface area contributed by atoms with Gasteiger partial charge in [0.2, 0.25) is 0 Å². The molecule has 1 aromatic carbocycles. The molecular weight excluding hydrogens is 210 g/mol. The van der Waals surface area contributed by atoms with E-state index in [1.165, 1.54) is 4.90 Å².